The van der Waals surface area contributed by atoms with Crippen molar-refractivity contribution in [3.05, 3.63) is 65.0 Å². The Labute approximate surface area is 172 Å². The van der Waals surface area contributed by atoms with E-state index in [9.17, 15) is 19.2 Å². The highest BCUT2D eigenvalue weighted by Crippen LogP contribution is 2.30. The first-order valence-electron chi connectivity index (χ1n) is 9.17. The number of nitriles is 1. The summed E-state index contributed by atoms with van der Waals surface area (Å²) in [6.07, 6.45) is 1.43. The average Bonchev–Trinajstić information content (AvgIpc) is 2.78. The Hall–Kier alpha value is -3.70. The van der Waals surface area contributed by atoms with Crippen molar-refractivity contribution >= 4 is 18.0 Å². The van der Waals surface area contributed by atoms with Gasteiger partial charge in [-0.05, 0) is 35.9 Å². The topological polar surface area (TPSA) is 88.9 Å². The van der Waals surface area contributed by atoms with Crippen LogP contribution in [-0.2, 0) is 9.53 Å². The van der Waals surface area contributed by atoms with Crippen molar-refractivity contribution in [2.24, 2.45) is 0 Å². The monoisotopic (exact) mass is 410 g/mol. The lowest BCUT2D eigenvalue weighted by Gasteiger charge is -2.26. The summed E-state index contributed by atoms with van der Waals surface area (Å²) in [5.41, 5.74) is 0.275. The summed E-state index contributed by atoms with van der Waals surface area (Å²) >= 11 is 0. The van der Waals surface area contributed by atoms with E-state index in [0.717, 1.165) is 6.07 Å². The largest absolute Gasteiger partial charge is 0.493 e. The van der Waals surface area contributed by atoms with Gasteiger partial charge in [-0.15, -0.1) is 0 Å². The van der Waals surface area contributed by atoms with Gasteiger partial charge in [0.15, 0.2) is 11.5 Å². The molecular formula is C22H19FN2O5. The molecule has 0 radical (unpaired) electrons. The lowest BCUT2D eigenvalue weighted by atomic mass is 10.1. The van der Waals surface area contributed by atoms with E-state index in [1.807, 2.05) is 6.07 Å². The molecule has 2 aromatic rings. The maximum absolute atomic E-state index is 13.8. The zero-order valence-corrected chi connectivity index (χ0v) is 16.3. The Bertz CT molecular complexity index is 1020. The van der Waals surface area contributed by atoms with Crippen molar-refractivity contribution in [3.63, 3.8) is 0 Å². The minimum atomic E-state index is -0.866. The summed E-state index contributed by atoms with van der Waals surface area (Å²) in [6.45, 7) is 1.71. The molecule has 0 unspecified atom stereocenters. The molecule has 1 saturated heterocycles. The van der Waals surface area contributed by atoms with Gasteiger partial charge in [0.25, 0.3) is 5.91 Å². The van der Waals surface area contributed by atoms with Crippen molar-refractivity contribution in [2.75, 3.05) is 33.4 Å². The number of halogens is 1. The third-order valence-corrected chi connectivity index (χ3v) is 4.44. The molecule has 7 nitrogen and oxygen atoms in total. The van der Waals surface area contributed by atoms with E-state index in [-0.39, 0.29) is 28.5 Å². The van der Waals surface area contributed by atoms with Crippen LogP contribution in [0.4, 0.5) is 4.39 Å². The molecule has 8 heteroatoms. The van der Waals surface area contributed by atoms with Gasteiger partial charge in [0, 0.05) is 13.1 Å². The Morgan fingerprint density at radius 2 is 1.90 bits per heavy atom. The summed E-state index contributed by atoms with van der Waals surface area (Å²) in [5.74, 6) is -1.66. The molecule has 1 heterocycles. The molecule has 3 rings (SSSR count). The molecule has 0 spiro atoms. The zero-order chi connectivity index (χ0) is 21.5. The van der Waals surface area contributed by atoms with Crippen molar-refractivity contribution < 1.29 is 28.2 Å². The molecule has 30 heavy (non-hydrogen) atoms. The highest BCUT2D eigenvalue weighted by atomic mass is 19.1. The molecular weight excluding hydrogens is 391 g/mol. The maximum Gasteiger partial charge on any atom is 0.346 e. The number of rotatable bonds is 5. The number of ether oxygens (including phenoxy) is 3. The number of amides is 1. The average molecular weight is 410 g/mol. The molecule has 0 atom stereocenters. The first-order chi connectivity index (χ1) is 14.5. The lowest BCUT2D eigenvalue weighted by Crippen LogP contribution is -2.41. The van der Waals surface area contributed by atoms with Crippen LogP contribution in [0.2, 0.25) is 0 Å². The number of esters is 1. The van der Waals surface area contributed by atoms with Crippen LogP contribution >= 0.6 is 0 Å². The van der Waals surface area contributed by atoms with E-state index in [0.29, 0.717) is 31.9 Å². The molecule has 0 aromatic heterocycles. The number of morpholine rings is 1. The normalized spacial score (nSPS) is 14.0. The summed E-state index contributed by atoms with van der Waals surface area (Å²) in [5, 5.41) is 9.41. The second-order valence-corrected chi connectivity index (χ2v) is 6.35. The standard InChI is InChI=1S/C22H19FN2O5/c1-28-20-13-15(12-16(14-24)21(26)25-8-10-29-11-9-25)6-7-19(20)30-22(27)17-4-2-3-5-18(17)23/h2-7,12-13H,8-11H2,1H3/b16-12+. The number of hydrogen-bond donors (Lipinski definition) is 0. The fourth-order valence-electron chi connectivity index (χ4n) is 2.89. The molecule has 2 aromatic carbocycles. The van der Waals surface area contributed by atoms with Gasteiger partial charge in [0.05, 0.1) is 25.9 Å². The molecule has 1 fully saturated rings. The predicted molar refractivity (Wildman–Crippen MR) is 105 cm³/mol. The maximum atomic E-state index is 13.8. The minimum Gasteiger partial charge on any atom is -0.493 e. The molecule has 0 N–H and O–H groups in total. The summed E-state index contributed by atoms with van der Waals surface area (Å²) in [6, 6.07) is 11.9. The van der Waals surface area contributed by atoms with Gasteiger partial charge in [0.2, 0.25) is 0 Å². The van der Waals surface area contributed by atoms with Crippen LogP contribution in [0.3, 0.4) is 0 Å². The van der Waals surface area contributed by atoms with Gasteiger partial charge in [-0.3, -0.25) is 4.79 Å². The second kappa shape index (κ2) is 9.67. The first kappa shape index (κ1) is 21.0. The fourth-order valence-corrected chi connectivity index (χ4v) is 2.89. The molecule has 154 valence electrons. The third kappa shape index (κ3) is 4.82. The van der Waals surface area contributed by atoms with Gasteiger partial charge >= 0.3 is 5.97 Å². The molecule has 1 amide bonds. The zero-order valence-electron chi connectivity index (χ0n) is 16.3. The van der Waals surface area contributed by atoms with E-state index in [1.54, 1.807) is 11.0 Å². The SMILES string of the molecule is COc1cc(/C=C(\C#N)C(=O)N2CCOCC2)ccc1OC(=O)c1ccccc1F. The second-order valence-electron chi connectivity index (χ2n) is 6.35. The van der Waals surface area contributed by atoms with Gasteiger partial charge in [-0.25, -0.2) is 9.18 Å². The number of benzene rings is 2. The highest BCUT2D eigenvalue weighted by Gasteiger charge is 2.21. The Kier molecular flexibility index (Phi) is 6.78. The lowest BCUT2D eigenvalue weighted by molar-refractivity contribution is -0.130. The van der Waals surface area contributed by atoms with Crippen molar-refractivity contribution in [2.45, 2.75) is 0 Å². The van der Waals surface area contributed by atoms with E-state index < -0.39 is 11.8 Å². The fraction of sp³-hybridized carbons (Fsp3) is 0.227. The van der Waals surface area contributed by atoms with E-state index in [2.05, 4.69) is 0 Å². The molecule has 0 aliphatic carbocycles. The number of carbonyl (C=O) groups excluding carboxylic acids is 2. The van der Waals surface area contributed by atoms with Crippen LogP contribution < -0.4 is 9.47 Å². The third-order valence-electron chi connectivity index (χ3n) is 4.44. The molecule has 0 saturated carbocycles. The number of carbonyl (C=O) groups is 2. The van der Waals surface area contributed by atoms with Crippen LogP contribution in [0.5, 0.6) is 11.5 Å². The minimum absolute atomic E-state index is 0.0324. The Morgan fingerprint density at radius 1 is 1.17 bits per heavy atom. The predicted octanol–water partition coefficient (Wildman–Crippen LogP) is 2.82. The van der Waals surface area contributed by atoms with Crippen molar-refractivity contribution in [1.29, 1.82) is 5.26 Å². The van der Waals surface area contributed by atoms with Crippen LogP contribution in [0, 0.1) is 17.1 Å². The molecule has 1 aliphatic heterocycles. The number of methoxy groups -OCH3 is 1. The quantitative estimate of drug-likeness (QED) is 0.326. The smallest absolute Gasteiger partial charge is 0.346 e. The van der Waals surface area contributed by atoms with Crippen LogP contribution in [0.1, 0.15) is 15.9 Å². The van der Waals surface area contributed by atoms with E-state index >= 15 is 0 Å². The highest BCUT2D eigenvalue weighted by molar-refractivity contribution is 6.01. The van der Waals surface area contributed by atoms with Gasteiger partial charge < -0.3 is 19.1 Å². The van der Waals surface area contributed by atoms with Gasteiger partial charge in [0.1, 0.15) is 17.5 Å². The van der Waals surface area contributed by atoms with Crippen LogP contribution in [0.15, 0.2) is 48.0 Å². The van der Waals surface area contributed by atoms with Gasteiger partial charge in [-0.1, -0.05) is 18.2 Å². The van der Waals surface area contributed by atoms with Crippen molar-refractivity contribution in [1.82, 2.24) is 4.90 Å². The van der Waals surface area contributed by atoms with E-state index in [4.69, 9.17) is 14.2 Å². The number of hydrogen-bond acceptors (Lipinski definition) is 6. The Balaban J connectivity index is 1.81. The summed E-state index contributed by atoms with van der Waals surface area (Å²) < 4.78 is 29.5. The Morgan fingerprint density at radius 3 is 2.57 bits per heavy atom. The van der Waals surface area contributed by atoms with E-state index in [1.165, 1.54) is 43.5 Å². The molecule has 1 aliphatic rings. The van der Waals surface area contributed by atoms with Crippen LogP contribution in [-0.4, -0.2) is 50.2 Å². The van der Waals surface area contributed by atoms with Crippen molar-refractivity contribution in [3.8, 4) is 17.6 Å². The number of nitrogens with zero attached hydrogens (tertiary/aromatic N) is 2. The first-order valence-corrected chi connectivity index (χ1v) is 9.17. The summed E-state index contributed by atoms with van der Waals surface area (Å²) in [7, 11) is 1.38. The van der Waals surface area contributed by atoms with Crippen LogP contribution in [0.25, 0.3) is 6.08 Å². The summed E-state index contributed by atoms with van der Waals surface area (Å²) in [4.78, 5) is 26.3. The van der Waals surface area contributed by atoms with Gasteiger partial charge in [-0.2, -0.15) is 5.26 Å². The molecule has 0 bridgehead atoms.